The average molecular weight is 200 g/mol. The first-order valence-corrected chi connectivity index (χ1v) is 4.94. The number of nitrogens with one attached hydrogen (secondary N) is 1. The lowest BCUT2D eigenvalue weighted by Crippen LogP contribution is -1.95. The van der Waals surface area contributed by atoms with Gasteiger partial charge in [-0.15, -0.1) is 0 Å². The molecule has 0 aliphatic heterocycles. The molecule has 3 N–H and O–H groups in total. The fraction of sp³-hybridized carbons (Fsp3) is 0.250. The Morgan fingerprint density at radius 3 is 2.15 bits per heavy atom. The molecule has 0 heterocycles. The Hall–Kier alpha value is -0.830. The van der Waals surface area contributed by atoms with Crippen molar-refractivity contribution in [2.45, 2.75) is 0 Å². The smallest absolute Gasteiger partial charge is 0.286 e. The van der Waals surface area contributed by atoms with Gasteiger partial charge in [0.15, 0.2) is 0 Å². The van der Waals surface area contributed by atoms with Crippen LogP contribution in [0.1, 0.15) is 0 Å². The maximum absolute atomic E-state index is 5.54. The average Bonchev–Trinajstić information content (AvgIpc) is 2.17. The number of anilines is 2. The molecule has 0 saturated carbocycles. The van der Waals surface area contributed by atoms with Gasteiger partial charge in [-0.05, 0) is 24.3 Å². The predicted octanol–water partition coefficient (Wildman–Crippen LogP) is 2.20. The molecule has 0 radical (unpaired) electrons. The van der Waals surface area contributed by atoms with E-state index >= 15 is 0 Å². The van der Waals surface area contributed by atoms with Crippen LogP contribution >= 0.6 is 8.53 Å². The number of hydrogen-bond donors (Lipinski definition) is 2. The second kappa shape index (κ2) is 5.02. The Bertz CT molecular complexity index is 249. The highest BCUT2D eigenvalue weighted by molar-refractivity contribution is 7.48. The van der Waals surface area contributed by atoms with E-state index in [2.05, 4.69) is 5.09 Å². The fourth-order valence-corrected chi connectivity index (χ4v) is 1.52. The van der Waals surface area contributed by atoms with Gasteiger partial charge in [0.25, 0.3) is 8.53 Å². The molecule has 0 aliphatic rings. The van der Waals surface area contributed by atoms with Crippen LogP contribution in [0.5, 0.6) is 0 Å². The Labute approximate surface area is 79.0 Å². The summed E-state index contributed by atoms with van der Waals surface area (Å²) in [6.07, 6.45) is 0. The summed E-state index contributed by atoms with van der Waals surface area (Å²) in [5, 5.41) is 3.07. The molecule has 1 rings (SSSR count). The van der Waals surface area contributed by atoms with Gasteiger partial charge in [0.2, 0.25) is 0 Å². The standard InChI is InChI=1S/C8H13N2O2P/c1-11-13(12-2)10-8-5-3-7(9)4-6-8/h3-6,10H,9H2,1-2H3. The predicted molar refractivity (Wildman–Crippen MR) is 55.4 cm³/mol. The summed E-state index contributed by atoms with van der Waals surface area (Å²) in [5.74, 6) is 0. The summed E-state index contributed by atoms with van der Waals surface area (Å²) in [6.45, 7) is 0. The summed E-state index contributed by atoms with van der Waals surface area (Å²) < 4.78 is 10.1. The Morgan fingerprint density at radius 2 is 1.69 bits per heavy atom. The third-order valence-electron chi connectivity index (χ3n) is 1.46. The van der Waals surface area contributed by atoms with Gasteiger partial charge >= 0.3 is 0 Å². The second-order valence-electron chi connectivity index (χ2n) is 2.36. The van der Waals surface area contributed by atoms with Crippen LogP contribution in [0.15, 0.2) is 24.3 Å². The van der Waals surface area contributed by atoms with Gasteiger partial charge in [0.1, 0.15) is 0 Å². The highest BCUT2D eigenvalue weighted by Gasteiger charge is 2.05. The maximum Gasteiger partial charge on any atom is 0.286 e. The zero-order valence-corrected chi connectivity index (χ0v) is 8.54. The van der Waals surface area contributed by atoms with E-state index in [0.29, 0.717) is 0 Å². The third-order valence-corrected chi connectivity index (χ3v) is 2.57. The topological polar surface area (TPSA) is 56.5 Å². The van der Waals surface area contributed by atoms with Crippen molar-refractivity contribution in [3.05, 3.63) is 24.3 Å². The van der Waals surface area contributed by atoms with Crippen LogP contribution in [-0.2, 0) is 9.05 Å². The molecule has 1 aromatic rings. The summed E-state index contributed by atoms with van der Waals surface area (Å²) in [6, 6.07) is 7.40. The first-order chi connectivity index (χ1) is 6.26. The Balaban J connectivity index is 2.58. The molecule has 0 amide bonds. The van der Waals surface area contributed by atoms with E-state index in [1.807, 2.05) is 24.3 Å². The highest BCUT2D eigenvalue weighted by Crippen LogP contribution is 2.36. The Kier molecular flexibility index (Phi) is 3.96. The van der Waals surface area contributed by atoms with Crippen molar-refractivity contribution < 1.29 is 9.05 Å². The number of rotatable bonds is 4. The van der Waals surface area contributed by atoms with E-state index in [1.165, 1.54) is 0 Å². The number of nitrogen functional groups attached to an aromatic ring is 1. The van der Waals surface area contributed by atoms with Gasteiger partial charge in [-0.3, -0.25) is 0 Å². The van der Waals surface area contributed by atoms with Crippen LogP contribution in [0, 0.1) is 0 Å². The molecule has 72 valence electrons. The van der Waals surface area contributed by atoms with Gasteiger partial charge in [-0.25, -0.2) is 0 Å². The Morgan fingerprint density at radius 1 is 1.15 bits per heavy atom. The summed E-state index contributed by atoms with van der Waals surface area (Å²) in [5.41, 5.74) is 7.21. The molecular weight excluding hydrogens is 187 g/mol. The molecule has 0 fully saturated rings. The highest BCUT2D eigenvalue weighted by atomic mass is 31.2. The van der Waals surface area contributed by atoms with Crippen LogP contribution in [0.2, 0.25) is 0 Å². The van der Waals surface area contributed by atoms with Crippen molar-refractivity contribution in [1.29, 1.82) is 0 Å². The quantitative estimate of drug-likeness (QED) is 0.577. The minimum atomic E-state index is -1.03. The van der Waals surface area contributed by atoms with Crippen LogP contribution in [-0.4, -0.2) is 14.2 Å². The van der Waals surface area contributed by atoms with E-state index in [-0.39, 0.29) is 0 Å². The maximum atomic E-state index is 5.54. The first kappa shape index (κ1) is 10.3. The van der Waals surface area contributed by atoms with Gasteiger partial charge in [-0.1, -0.05) is 0 Å². The zero-order chi connectivity index (χ0) is 9.68. The molecular formula is C8H13N2O2P. The van der Waals surface area contributed by atoms with E-state index in [9.17, 15) is 0 Å². The number of nitrogens with two attached hydrogens (primary N) is 1. The lowest BCUT2D eigenvalue weighted by molar-refractivity contribution is 0.345. The van der Waals surface area contributed by atoms with Gasteiger partial charge < -0.3 is 19.9 Å². The summed E-state index contributed by atoms with van der Waals surface area (Å²) in [7, 11) is 2.16. The molecule has 0 saturated heterocycles. The van der Waals surface area contributed by atoms with E-state index in [0.717, 1.165) is 11.4 Å². The van der Waals surface area contributed by atoms with Crippen LogP contribution in [0.25, 0.3) is 0 Å². The van der Waals surface area contributed by atoms with Crippen LogP contribution < -0.4 is 10.8 Å². The van der Waals surface area contributed by atoms with Crippen molar-refractivity contribution in [1.82, 2.24) is 0 Å². The number of benzene rings is 1. The second-order valence-corrected chi connectivity index (χ2v) is 3.82. The largest absolute Gasteiger partial charge is 0.399 e. The third kappa shape index (κ3) is 3.19. The summed E-state index contributed by atoms with van der Waals surface area (Å²) in [4.78, 5) is 0. The fourth-order valence-electron chi connectivity index (χ4n) is 0.829. The lowest BCUT2D eigenvalue weighted by Gasteiger charge is -2.13. The monoisotopic (exact) mass is 200 g/mol. The van der Waals surface area contributed by atoms with Crippen molar-refractivity contribution in [2.75, 3.05) is 25.0 Å². The molecule has 13 heavy (non-hydrogen) atoms. The zero-order valence-electron chi connectivity index (χ0n) is 7.65. The normalized spacial score (nSPS) is 10.4. The van der Waals surface area contributed by atoms with E-state index in [1.54, 1.807) is 14.2 Å². The van der Waals surface area contributed by atoms with Crippen molar-refractivity contribution in [3.8, 4) is 0 Å². The van der Waals surface area contributed by atoms with Crippen molar-refractivity contribution in [2.24, 2.45) is 0 Å². The molecule has 0 spiro atoms. The van der Waals surface area contributed by atoms with Gasteiger partial charge in [0.05, 0.1) is 0 Å². The van der Waals surface area contributed by atoms with Crippen molar-refractivity contribution >= 4 is 19.9 Å². The molecule has 0 atom stereocenters. The molecule has 0 bridgehead atoms. The molecule has 1 aromatic carbocycles. The molecule has 5 heteroatoms. The minimum absolute atomic E-state index is 0.740. The molecule has 0 aliphatic carbocycles. The van der Waals surface area contributed by atoms with E-state index in [4.69, 9.17) is 14.8 Å². The minimum Gasteiger partial charge on any atom is -0.399 e. The molecule has 0 unspecified atom stereocenters. The lowest BCUT2D eigenvalue weighted by atomic mass is 10.3. The van der Waals surface area contributed by atoms with Gasteiger partial charge in [-0.2, -0.15) is 0 Å². The number of hydrogen-bond acceptors (Lipinski definition) is 4. The van der Waals surface area contributed by atoms with Gasteiger partial charge in [0, 0.05) is 25.6 Å². The summed E-state index contributed by atoms with van der Waals surface area (Å²) >= 11 is 0. The SMILES string of the molecule is COP(Nc1ccc(N)cc1)OC. The molecule has 0 aromatic heterocycles. The molecule has 4 nitrogen and oxygen atoms in total. The van der Waals surface area contributed by atoms with Crippen molar-refractivity contribution in [3.63, 3.8) is 0 Å². The first-order valence-electron chi connectivity index (χ1n) is 3.77. The van der Waals surface area contributed by atoms with Crippen LogP contribution in [0.4, 0.5) is 11.4 Å². The van der Waals surface area contributed by atoms with E-state index < -0.39 is 8.53 Å². The van der Waals surface area contributed by atoms with Crippen LogP contribution in [0.3, 0.4) is 0 Å².